The van der Waals surface area contributed by atoms with Crippen LogP contribution in [0.5, 0.6) is 5.75 Å². The van der Waals surface area contributed by atoms with Gasteiger partial charge >= 0.3 is 0 Å². The third-order valence-corrected chi connectivity index (χ3v) is 4.92. The number of aromatic nitrogens is 2. The Morgan fingerprint density at radius 2 is 2.11 bits per heavy atom. The second-order valence-electron chi connectivity index (χ2n) is 7.05. The summed E-state index contributed by atoms with van der Waals surface area (Å²) < 4.78 is 7.04. The Morgan fingerprint density at radius 3 is 2.75 bits per heavy atom. The highest BCUT2D eigenvalue weighted by Crippen LogP contribution is 2.30. The fraction of sp³-hybridized carbons (Fsp3) is 0.450. The van der Waals surface area contributed by atoms with Crippen LogP contribution in [0.25, 0.3) is 0 Å². The van der Waals surface area contributed by atoms with Crippen molar-refractivity contribution in [3.05, 3.63) is 47.3 Å². The zero-order chi connectivity index (χ0) is 20.3. The topological polar surface area (TPSA) is 105 Å². The lowest BCUT2D eigenvalue weighted by Gasteiger charge is -2.17. The molecule has 1 aliphatic carbocycles. The van der Waals surface area contributed by atoms with E-state index in [9.17, 15) is 9.59 Å². The van der Waals surface area contributed by atoms with Gasteiger partial charge in [-0.2, -0.15) is 5.10 Å². The van der Waals surface area contributed by atoms with E-state index < -0.39 is 0 Å². The molecule has 1 aromatic carbocycles. The van der Waals surface area contributed by atoms with E-state index >= 15 is 0 Å². The summed E-state index contributed by atoms with van der Waals surface area (Å²) in [6, 6.07) is 8.77. The Balaban J connectivity index is 1.91. The summed E-state index contributed by atoms with van der Waals surface area (Å²) in [7, 11) is 1.53. The molecule has 2 amide bonds. The van der Waals surface area contributed by atoms with E-state index in [1.807, 2.05) is 25.1 Å². The minimum Gasteiger partial charge on any atom is -0.491 e. The number of hydrogen-bond acceptors (Lipinski definition) is 5. The second kappa shape index (κ2) is 8.43. The van der Waals surface area contributed by atoms with Gasteiger partial charge in [0.1, 0.15) is 18.1 Å². The molecule has 1 saturated carbocycles. The van der Waals surface area contributed by atoms with E-state index in [1.54, 1.807) is 10.7 Å². The molecule has 28 heavy (non-hydrogen) atoms. The SMILES string of the molecule is CNC(=O)c1cc(C(=O)N[C@H]2C[C@@H]2C)n(C(C)c2cccc(OCCO)c2)n1. The van der Waals surface area contributed by atoms with Crippen molar-refractivity contribution in [1.82, 2.24) is 20.4 Å². The number of rotatable bonds is 8. The average Bonchev–Trinajstić information content (AvgIpc) is 3.21. The lowest BCUT2D eigenvalue weighted by molar-refractivity contribution is 0.0934. The van der Waals surface area contributed by atoms with Crippen LogP contribution in [0, 0.1) is 5.92 Å². The van der Waals surface area contributed by atoms with Crippen molar-refractivity contribution < 1.29 is 19.4 Å². The van der Waals surface area contributed by atoms with Crippen molar-refractivity contribution in [3.8, 4) is 5.75 Å². The van der Waals surface area contributed by atoms with Crippen molar-refractivity contribution in [3.63, 3.8) is 0 Å². The number of aliphatic hydroxyl groups is 1. The molecule has 3 atom stereocenters. The standard InChI is InChI=1S/C20H26N4O4/c1-12-9-16(12)22-20(27)18-11-17(19(26)21-3)23-24(18)13(2)14-5-4-6-15(10-14)28-8-7-25/h4-6,10-13,16,25H,7-9H2,1-3H3,(H,21,26)(H,22,27)/t12-,13?,16-/m0/s1. The van der Waals surface area contributed by atoms with Crippen LogP contribution in [0.3, 0.4) is 0 Å². The number of carbonyl (C=O) groups is 2. The number of nitrogens with zero attached hydrogens (tertiary/aromatic N) is 2. The van der Waals surface area contributed by atoms with E-state index in [4.69, 9.17) is 9.84 Å². The fourth-order valence-electron chi connectivity index (χ4n) is 3.03. The van der Waals surface area contributed by atoms with Gasteiger partial charge in [0.25, 0.3) is 11.8 Å². The first-order valence-electron chi connectivity index (χ1n) is 9.40. The molecule has 1 fully saturated rings. The van der Waals surface area contributed by atoms with Gasteiger partial charge < -0.3 is 20.5 Å². The lowest BCUT2D eigenvalue weighted by Crippen LogP contribution is -2.29. The quantitative estimate of drug-likeness (QED) is 0.635. The number of amides is 2. The Labute approximate surface area is 163 Å². The summed E-state index contributed by atoms with van der Waals surface area (Å²) in [5, 5.41) is 18.8. The van der Waals surface area contributed by atoms with Gasteiger partial charge in [0, 0.05) is 19.2 Å². The van der Waals surface area contributed by atoms with Crippen LogP contribution in [0.1, 0.15) is 52.9 Å². The Bertz CT molecular complexity index is 864. The smallest absolute Gasteiger partial charge is 0.271 e. The zero-order valence-corrected chi connectivity index (χ0v) is 16.3. The van der Waals surface area contributed by atoms with E-state index in [-0.39, 0.29) is 42.8 Å². The van der Waals surface area contributed by atoms with Gasteiger partial charge in [0.2, 0.25) is 0 Å². The van der Waals surface area contributed by atoms with Crippen molar-refractivity contribution in [2.24, 2.45) is 5.92 Å². The molecule has 0 aliphatic heterocycles. The summed E-state index contributed by atoms with van der Waals surface area (Å²) in [4.78, 5) is 24.8. The molecule has 3 N–H and O–H groups in total. The van der Waals surface area contributed by atoms with Crippen molar-refractivity contribution in [1.29, 1.82) is 0 Å². The predicted octanol–water partition coefficient (Wildman–Crippen LogP) is 1.36. The zero-order valence-electron chi connectivity index (χ0n) is 16.3. The number of aliphatic hydroxyl groups excluding tert-OH is 1. The number of nitrogens with one attached hydrogen (secondary N) is 2. The summed E-state index contributed by atoms with van der Waals surface area (Å²) in [5.41, 5.74) is 1.40. The molecule has 1 unspecified atom stereocenters. The minimum atomic E-state index is -0.347. The van der Waals surface area contributed by atoms with Gasteiger partial charge in [-0.1, -0.05) is 19.1 Å². The third-order valence-electron chi connectivity index (χ3n) is 4.92. The Hall–Kier alpha value is -2.87. The maximum Gasteiger partial charge on any atom is 0.271 e. The molecule has 8 nitrogen and oxygen atoms in total. The predicted molar refractivity (Wildman–Crippen MR) is 103 cm³/mol. The molecular weight excluding hydrogens is 360 g/mol. The molecule has 150 valence electrons. The van der Waals surface area contributed by atoms with Crippen LogP contribution >= 0.6 is 0 Å². The van der Waals surface area contributed by atoms with E-state index in [0.29, 0.717) is 17.4 Å². The summed E-state index contributed by atoms with van der Waals surface area (Å²) in [6.07, 6.45) is 0.960. The Kier molecular flexibility index (Phi) is 5.99. The molecule has 0 radical (unpaired) electrons. The van der Waals surface area contributed by atoms with Crippen LogP contribution in [-0.2, 0) is 0 Å². The lowest BCUT2D eigenvalue weighted by atomic mass is 10.1. The summed E-state index contributed by atoms with van der Waals surface area (Å²) in [5.74, 6) is 0.503. The normalized spacial score (nSPS) is 19.0. The maximum atomic E-state index is 12.8. The molecule has 0 saturated heterocycles. The summed E-state index contributed by atoms with van der Waals surface area (Å²) in [6.45, 7) is 4.12. The number of ether oxygens (including phenoxy) is 1. The number of hydrogen-bond donors (Lipinski definition) is 3. The molecule has 1 aromatic heterocycles. The van der Waals surface area contributed by atoms with Gasteiger partial charge in [0.15, 0.2) is 5.69 Å². The first-order valence-corrected chi connectivity index (χ1v) is 9.40. The Morgan fingerprint density at radius 1 is 1.36 bits per heavy atom. The van der Waals surface area contributed by atoms with Crippen molar-refractivity contribution >= 4 is 11.8 Å². The van der Waals surface area contributed by atoms with Gasteiger partial charge in [-0.3, -0.25) is 14.3 Å². The number of carbonyl (C=O) groups excluding carboxylic acids is 2. The van der Waals surface area contributed by atoms with Gasteiger partial charge in [-0.15, -0.1) is 0 Å². The first kappa shape index (κ1) is 19.9. The monoisotopic (exact) mass is 386 g/mol. The average molecular weight is 386 g/mol. The molecule has 0 bridgehead atoms. The van der Waals surface area contributed by atoms with Crippen LogP contribution in [-0.4, -0.2) is 53.0 Å². The van der Waals surface area contributed by atoms with Crippen molar-refractivity contribution in [2.75, 3.05) is 20.3 Å². The largest absolute Gasteiger partial charge is 0.491 e. The molecule has 1 aliphatic rings. The third kappa shape index (κ3) is 4.33. The molecule has 0 spiro atoms. The molecular formula is C20H26N4O4. The fourth-order valence-corrected chi connectivity index (χ4v) is 3.03. The minimum absolute atomic E-state index is 0.0711. The van der Waals surface area contributed by atoms with E-state index in [0.717, 1.165) is 12.0 Å². The van der Waals surface area contributed by atoms with Crippen molar-refractivity contribution in [2.45, 2.75) is 32.4 Å². The summed E-state index contributed by atoms with van der Waals surface area (Å²) >= 11 is 0. The van der Waals surface area contributed by atoms with Crippen LogP contribution in [0.4, 0.5) is 0 Å². The molecule has 1 heterocycles. The molecule has 3 rings (SSSR count). The number of benzene rings is 1. The van der Waals surface area contributed by atoms with E-state index in [1.165, 1.54) is 13.1 Å². The van der Waals surface area contributed by atoms with Crippen LogP contribution in [0.2, 0.25) is 0 Å². The van der Waals surface area contributed by atoms with E-state index in [2.05, 4.69) is 22.7 Å². The molecule has 8 heteroatoms. The highest BCUT2D eigenvalue weighted by atomic mass is 16.5. The highest BCUT2D eigenvalue weighted by molar-refractivity contribution is 5.98. The van der Waals surface area contributed by atoms with Crippen LogP contribution in [0.15, 0.2) is 30.3 Å². The highest BCUT2D eigenvalue weighted by Gasteiger charge is 2.35. The molecule has 2 aromatic rings. The van der Waals surface area contributed by atoms with Crippen LogP contribution < -0.4 is 15.4 Å². The van der Waals surface area contributed by atoms with Gasteiger partial charge in [-0.25, -0.2) is 0 Å². The first-order chi connectivity index (χ1) is 13.4. The van der Waals surface area contributed by atoms with Gasteiger partial charge in [-0.05, 0) is 37.0 Å². The maximum absolute atomic E-state index is 12.8. The second-order valence-corrected chi connectivity index (χ2v) is 7.05. The van der Waals surface area contributed by atoms with Gasteiger partial charge in [0.05, 0.1) is 12.6 Å².